The number of nitrogens with one attached hydrogen (secondary N) is 1. The second kappa shape index (κ2) is 9.96. The summed E-state index contributed by atoms with van der Waals surface area (Å²) in [6.07, 6.45) is 3.53. The van der Waals surface area contributed by atoms with E-state index in [0.717, 1.165) is 11.3 Å². The monoisotopic (exact) mass is 427 g/mol. The van der Waals surface area contributed by atoms with Gasteiger partial charge < -0.3 is 24.8 Å². The lowest BCUT2D eigenvalue weighted by Gasteiger charge is -2.35. The van der Waals surface area contributed by atoms with Gasteiger partial charge in [0.1, 0.15) is 12.3 Å². The van der Waals surface area contributed by atoms with Gasteiger partial charge in [-0.2, -0.15) is 5.10 Å². The van der Waals surface area contributed by atoms with Gasteiger partial charge in [0.2, 0.25) is 5.91 Å². The maximum Gasteiger partial charge on any atom is 0.259 e. The first-order valence-corrected chi connectivity index (χ1v) is 10.0. The molecule has 1 aromatic carbocycles. The molecule has 0 unspecified atom stereocenters. The number of likely N-dealkylation sites (N-methyl/N-ethyl adjacent to an activating group) is 1. The standard InChI is InChI=1S/C21H29N7O3/c1-22-21(27-8-9-28(19(29)14-27)17-12-24-26(4)13-17)23-11-16-6-5-7-18(10-16)31-15-20(30)25(2)3/h5-7,10,12-13H,8-9,11,14-15H2,1-4H3,(H,22,23). The van der Waals surface area contributed by atoms with Crippen molar-refractivity contribution in [2.45, 2.75) is 6.54 Å². The largest absolute Gasteiger partial charge is 0.484 e. The molecule has 0 saturated carbocycles. The average molecular weight is 428 g/mol. The van der Waals surface area contributed by atoms with Crippen molar-refractivity contribution in [1.82, 2.24) is 24.9 Å². The van der Waals surface area contributed by atoms with Gasteiger partial charge in [0.05, 0.1) is 11.9 Å². The summed E-state index contributed by atoms with van der Waals surface area (Å²) in [6, 6.07) is 7.55. The van der Waals surface area contributed by atoms with Gasteiger partial charge in [-0.25, -0.2) is 0 Å². The Morgan fingerprint density at radius 2 is 2.13 bits per heavy atom. The van der Waals surface area contributed by atoms with Gasteiger partial charge in [-0.3, -0.25) is 19.3 Å². The van der Waals surface area contributed by atoms with Crippen LogP contribution in [0.3, 0.4) is 0 Å². The highest BCUT2D eigenvalue weighted by atomic mass is 16.5. The van der Waals surface area contributed by atoms with E-state index >= 15 is 0 Å². The number of guanidine groups is 1. The Hall–Kier alpha value is -3.56. The van der Waals surface area contributed by atoms with Crippen LogP contribution in [0, 0.1) is 0 Å². The minimum Gasteiger partial charge on any atom is -0.484 e. The molecule has 0 radical (unpaired) electrons. The third kappa shape index (κ3) is 5.74. The zero-order valence-corrected chi connectivity index (χ0v) is 18.4. The van der Waals surface area contributed by atoms with E-state index in [-0.39, 0.29) is 25.0 Å². The molecule has 0 bridgehead atoms. The smallest absolute Gasteiger partial charge is 0.259 e. The number of benzene rings is 1. The summed E-state index contributed by atoms with van der Waals surface area (Å²) >= 11 is 0. The van der Waals surface area contributed by atoms with Gasteiger partial charge in [0, 0.05) is 54.0 Å². The van der Waals surface area contributed by atoms with E-state index in [2.05, 4.69) is 15.4 Å². The van der Waals surface area contributed by atoms with Crippen molar-refractivity contribution < 1.29 is 14.3 Å². The molecule has 10 nitrogen and oxygen atoms in total. The number of carbonyl (C=O) groups excluding carboxylic acids is 2. The van der Waals surface area contributed by atoms with Gasteiger partial charge in [-0.15, -0.1) is 0 Å². The maximum atomic E-state index is 12.6. The molecule has 1 saturated heterocycles. The minimum absolute atomic E-state index is 0.00292. The van der Waals surface area contributed by atoms with Crippen molar-refractivity contribution in [3.8, 4) is 5.75 Å². The lowest BCUT2D eigenvalue weighted by molar-refractivity contribution is -0.130. The Morgan fingerprint density at radius 1 is 1.32 bits per heavy atom. The number of anilines is 1. The van der Waals surface area contributed by atoms with Crippen molar-refractivity contribution in [1.29, 1.82) is 0 Å². The number of aliphatic imine (C=N–C) groups is 1. The molecule has 2 amide bonds. The second-order valence-corrected chi connectivity index (χ2v) is 7.46. The normalized spacial score (nSPS) is 14.6. The van der Waals surface area contributed by atoms with Crippen LogP contribution in [0.25, 0.3) is 0 Å². The Morgan fingerprint density at radius 3 is 2.77 bits per heavy atom. The van der Waals surface area contributed by atoms with Crippen molar-refractivity contribution in [2.24, 2.45) is 12.0 Å². The predicted molar refractivity (Wildman–Crippen MR) is 118 cm³/mol. The van der Waals surface area contributed by atoms with Crippen LogP contribution in [0.4, 0.5) is 5.69 Å². The van der Waals surface area contributed by atoms with Crippen LogP contribution in [0.15, 0.2) is 41.7 Å². The molecular formula is C21H29N7O3. The van der Waals surface area contributed by atoms with E-state index in [1.165, 1.54) is 4.90 Å². The van der Waals surface area contributed by atoms with E-state index in [4.69, 9.17) is 4.74 Å². The third-order valence-electron chi connectivity index (χ3n) is 4.95. The van der Waals surface area contributed by atoms with Crippen molar-refractivity contribution in [2.75, 3.05) is 52.3 Å². The quantitative estimate of drug-likeness (QED) is 0.527. The van der Waals surface area contributed by atoms with E-state index in [9.17, 15) is 9.59 Å². The highest BCUT2D eigenvalue weighted by Gasteiger charge is 2.27. The van der Waals surface area contributed by atoms with Crippen LogP contribution in [-0.4, -0.2) is 84.7 Å². The molecule has 31 heavy (non-hydrogen) atoms. The highest BCUT2D eigenvalue weighted by molar-refractivity contribution is 5.98. The van der Waals surface area contributed by atoms with E-state index in [1.807, 2.05) is 42.4 Å². The summed E-state index contributed by atoms with van der Waals surface area (Å²) in [5.41, 5.74) is 1.79. The summed E-state index contributed by atoms with van der Waals surface area (Å²) in [7, 11) is 6.92. The summed E-state index contributed by atoms with van der Waals surface area (Å²) in [5, 5.41) is 7.44. The average Bonchev–Trinajstić information content (AvgIpc) is 3.18. The number of aryl methyl sites for hydroxylation is 1. The summed E-state index contributed by atoms with van der Waals surface area (Å²) in [5.74, 6) is 1.19. The number of rotatable bonds is 6. The summed E-state index contributed by atoms with van der Waals surface area (Å²) in [4.78, 5) is 33.8. The van der Waals surface area contributed by atoms with Crippen LogP contribution in [0.1, 0.15) is 5.56 Å². The number of ether oxygens (including phenoxy) is 1. The molecule has 2 heterocycles. The van der Waals surface area contributed by atoms with E-state index < -0.39 is 0 Å². The number of hydrogen-bond acceptors (Lipinski definition) is 5. The Labute approximate surface area is 182 Å². The predicted octanol–water partition coefficient (Wildman–Crippen LogP) is 0.311. The van der Waals surface area contributed by atoms with Gasteiger partial charge >= 0.3 is 0 Å². The first kappa shape index (κ1) is 22.1. The zero-order valence-electron chi connectivity index (χ0n) is 18.4. The third-order valence-corrected chi connectivity index (χ3v) is 4.95. The molecule has 1 fully saturated rings. The van der Waals surface area contributed by atoms with Gasteiger partial charge in [0.25, 0.3) is 5.91 Å². The van der Waals surface area contributed by atoms with Crippen LogP contribution < -0.4 is 15.0 Å². The molecule has 0 atom stereocenters. The van der Waals surface area contributed by atoms with Crippen LogP contribution >= 0.6 is 0 Å². The van der Waals surface area contributed by atoms with Crippen molar-refractivity contribution in [3.05, 3.63) is 42.2 Å². The molecule has 2 aromatic rings. The Bertz CT molecular complexity index is 954. The number of aromatic nitrogens is 2. The van der Waals surface area contributed by atoms with Crippen molar-refractivity contribution >= 4 is 23.5 Å². The summed E-state index contributed by atoms with van der Waals surface area (Å²) in [6.45, 7) is 1.98. The lowest BCUT2D eigenvalue weighted by atomic mass is 10.2. The van der Waals surface area contributed by atoms with Gasteiger partial charge in [-0.05, 0) is 17.7 Å². The van der Waals surface area contributed by atoms with Gasteiger partial charge in [0.15, 0.2) is 12.6 Å². The molecule has 10 heteroatoms. The first-order chi connectivity index (χ1) is 14.9. The molecule has 1 N–H and O–H groups in total. The molecule has 0 spiro atoms. The molecular weight excluding hydrogens is 398 g/mol. The number of amides is 2. The van der Waals surface area contributed by atoms with Crippen LogP contribution in [0.2, 0.25) is 0 Å². The maximum absolute atomic E-state index is 12.6. The molecule has 1 aliphatic heterocycles. The number of hydrogen-bond donors (Lipinski definition) is 1. The second-order valence-electron chi connectivity index (χ2n) is 7.46. The fourth-order valence-electron chi connectivity index (χ4n) is 3.21. The fraction of sp³-hybridized carbons (Fsp3) is 0.429. The molecule has 166 valence electrons. The molecule has 3 rings (SSSR count). The zero-order chi connectivity index (χ0) is 22.4. The fourth-order valence-corrected chi connectivity index (χ4v) is 3.21. The topological polar surface area (TPSA) is 95.3 Å². The Kier molecular flexibility index (Phi) is 7.11. The lowest BCUT2D eigenvalue weighted by Crippen LogP contribution is -2.55. The van der Waals surface area contributed by atoms with E-state index in [0.29, 0.717) is 31.3 Å². The first-order valence-electron chi connectivity index (χ1n) is 10.0. The molecule has 1 aromatic heterocycles. The highest BCUT2D eigenvalue weighted by Crippen LogP contribution is 2.17. The van der Waals surface area contributed by atoms with Crippen LogP contribution in [0.5, 0.6) is 5.75 Å². The summed E-state index contributed by atoms with van der Waals surface area (Å²) < 4.78 is 7.26. The Balaban J connectivity index is 1.54. The minimum atomic E-state index is -0.0981. The SMILES string of the molecule is CN=C(NCc1cccc(OCC(=O)N(C)C)c1)N1CCN(c2cnn(C)c2)C(=O)C1. The number of nitrogens with zero attached hydrogens (tertiary/aromatic N) is 6. The number of piperazine rings is 1. The van der Waals surface area contributed by atoms with Crippen molar-refractivity contribution in [3.63, 3.8) is 0 Å². The number of carbonyl (C=O) groups is 2. The molecule has 1 aliphatic rings. The van der Waals surface area contributed by atoms with Gasteiger partial charge in [-0.1, -0.05) is 12.1 Å². The van der Waals surface area contributed by atoms with Crippen LogP contribution in [-0.2, 0) is 23.2 Å². The van der Waals surface area contributed by atoms with E-state index in [1.54, 1.807) is 36.9 Å². The molecule has 0 aliphatic carbocycles.